The highest BCUT2D eigenvalue weighted by Crippen LogP contribution is 2.27. The molecule has 0 amide bonds. The standard InChI is InChI=1S/C10H10BrNO2S/c11-7-3-1-6(2-4-7)9-12-8(5-15-9)10(13)14/h1-4,8-9,12H,5H2,(H,13,14)/t8-,9+/m1/s1. The van der Waals surface area contributed by atoms with Crippen LogP contribution < -0.4 is 10.4 Å². The summed E-state index contributed by atoms with van der Waals surface area (Å²) in [4.78, 5) is 10.7. The molecule has 3 nitrogen and oxygen atoms in total. The number of nitrogens with two attached hydrogens (primary N) is 1. The number of carboxylic acid groups (broad SMARTS) is 1. The monoisotopic (exact) mass is 287 g/mol. The van der Waals surface area contributed by atoms with Crippen molar-refractivity contribution in [2.24, 2.45) is 0 Å². The van der Waals surface area contributed by atoms with Gasteiger partial charge >= 0.3 is 0 Å². The van der Waals surface area contributed by atoms with Gasteiger partial charge in [0.2, 0.25) is 0 Å². The van der Waals surface area contributed by atoms with E-state index >= 15 is 0 Å². The number of aliphatic carboxylic acids is 1. The molecule has 2 atom stereocenters. The van der Waals surface area contributed by atoms with Gasteiger partial charge in [0.25, 0.3) is 0 Å². The number of hydrogen-bond acceptors (Lipinski definition) is 3. The molecule has 0 saturated carbocycles. The minimum absolute atomic E-state index is 0.181. The van der Waals surface area contributed by atoms with E-state index in [1.165, 1.54) is 0 Å². The zero-order chi connectivity index (χ0) is 10.8. The van der Waals surface area contributed by atoms with Crippen LogP contribution in [0.1, 0.15) is 10.9 Å². The van der Waals surface area contributed by atoms with Crippen molar-refractivity contribution < 1.29 is 15.2 Å². The lowest BCUT2D eigenvalue weighted by Crippen LogP contribution is -2.90. The third-order valence-corrected chi connectivity index (χ3v) is 4.23. The largest absolute Gasteiger partial charge is 0.544 e. The topological polar surface area (TPSA) is 56.7 Å². The molecule has 0 bridgehead atoms. The molecule has 1 fully saturated rings. The Bertz CT molecular complexity index is 368. The highest BCUT2D eigenvalue weighted by molar-refractivity contribution is 9.10. The van der Waals surface area contributed by atoms with E-state index in [1.54, 1.807) is 11.8 Å². The lowest BCUT2D eigenvalue weighted by Gasteiger charge is -2.10. The van der Waals surface area contributed by atoms with Gasteiger partial charge in [-0.3, -0.25) is 0 Å². The summed E-state index contributed by atoms with van der Waals surface area (Å²) in [5, 5.41) is 12.7. The number of rotatable bonds is 2. The fraction of sp³-hybridized carbons (Fsp3) is 0.300. The molecule has 1 saturated heterocycles. The zero-order valence-electron chi connectivity index (χ0n) is 7.85. The molecule has 1 aromatic rings. The minimum Gasteiger partial charge on any atom is -0.544 e. The first-order valence-electron chi connectivity index (χ1n) is 4.60. The summed E-state index contributed by atoms with van der Waals surface area (Å²) >= 11 is 5.01. The van der Waals surface area contributed by atoms with Crippen LogP contribution in [0.2, 0.25) is 0 Å². The quantitative estimate of drug-likeness (QED) is 0.825. The van der Waals surface area contributed by atoms with Gasteiger partial charge in [0, 0.05) is 10.0 Å². The number of thioether (sulfide) groups is 1. The molecule has 0 spiro atoms. The first kappa shape index (κ1) is 11.0. The average Bonchev–Trinajstić information content (AvgIpc) is 2.68. The minimum atomic E-state index is -0.970. The van der Waals surface area contributed by atoms with E-state index < -0.39 is 12.0 Å². The van der Waals surface area contributed by atoms with Crippen molar-refractivity contribution in [3.8, 4) is 0 Å². The molecular weight excluding hydrogens is 278 g/mol. The van der Waals surface area contributed by atoms with Crippen molar-refractivity contribution in [2.45, 2.75) is 11.4 Å². The second-order valence-electron chi connectivity index (χ2n) is 3.42. The maximum absolute atomic E-state index is 10.7. The Hall–Kier alpha value is -0.520. The van der Waals surface area contributed by atoms with Crippen LogP contribution in [-0.2, 0) is 4.79 Å². The molecule has 1 aliphatic rings. The van der Waals surface area contributed by atoms with Crippen LogP contribution in [0.4, 0.5) is 0 Å². The molecule has 0 aliphatic carbocycles. The van der Waals surface area contributed by atoms with Gasteiger partial charge < -0.3 is 15.2 Å². The van der Waals surface area contributed by atoms with E-state index in [9.17, 15) is 9.90 Å². The molecule has 5 heteroatoms. The maximum Gasteiger partial charge on any atom is 0.159 e. The Kier molecular flexibility index (Phi) is 3.33. The van der Waals surface area contributed by atoms with Gasteiger partial charge in [-0.1, -0.05) is 39.8 Å². The summed E-state index contributed by atoms with van der Waals surface area (Å²) in [6.45, 7) is 0. The third-order valence-electron chi connectivity index (χ3n) is 2.36. The van der Waals surface area contributed by atoms with Gasteiger partial charge in [-0.05, 0) is 12.1 Å². The van der Waals surface area contributed by atoms with Gasteiger partial charge in [-0.2, -0.15) is 0 Å². The van der Waals surface area contributed by atoms with Crippen LogP contribution in [-0.4, -0.2) is 17.8 Å². The summed E-state index contributed by atoms with van der Waals surface area (Å²) in [5.41, 5.74) is 1.15. The van der Waals surface area contributed by atoms with E-state index in [0.29, 0.717) is 5.75 Å². The molecule has 2 rings (SSSR count). The lowest BCUT2D eigenvalue weighted by atomic mass is 10.2. The fourth-order valence-electron chi connectivity index (χ4n) is 1.54. The number of halogens is 1. The fourth-order valence-corrected chi connectivity index (χ4v) is 3.11. The van der Waals surface area contributed by atoms with Crippen LogP contribution in [0.3, 0.4) is 0 Å². The normalized spacial score (nSPS) is 25.4. The smallest absolute Gasteiger partial charge is 0.159 e. The van der Waals surface area contributed by atoms with E-state index in [0.717, 1.165) is 10.0 Å². The summed E-state index contributed by atoms with van der Waals surface area (Å²) in [6, 6.07) is 7.54. The Labute approximate surface area is 100 Å². The van der Waals surface area contributed by atoms with E-state index in [2.05, 4.69) is 15.9 Å². The van der Waals surface area contributed by atoms with Gasteiger partial charge in [0.1, 0.15) is 12.0 Å². The Morgan fingerprint density at radius 3 is 2.67 bits per heavy atom. The molecule has 15 heavy (non-hydrogen) atoms. The van der Waals surface area contributed by atoms with Gasteiger partial charge in [0.15, 0.2) is 5.37 Å². The molecule has 0 aromatic heterocycles. The lowest BCUT2D eigenvalue weighted by molar-refractivity contribution is -0.690. The Morgan fingerprint density at radius 1 is 1.47 bits per heavy atom. The summed E-state index contributed by atoms with van der Waals surface area (Å²) in [5.74, 6) is -0.356. The maximum atomic E-state index is 10.7. The van der Waals surface area contributed by atoms with Crippen LogP contribution in [0.15, 0.2) is 28.7 Å². The average molecular weight is 288 g/mol. The summed E-state index contributed by atoms with van der Waals surface area (Å²) in [6.07, 6.45) is 0. The summed E-state index contributed by atoms with van der Waals surface area (Å²) in [7, 11) is 0. The van der Waals surface area contributed by atoms with Crippen molar-refractivity contribution in [3.05, 3.63) is 34.3 Å². The van der Waals surface area contributed by atoms with E-state index in [1.807, 2.05) is 29.6 Å². The van der Waals surface area contributed by atoms with Gasteiger partial charge in [-0.15, -0.1) is 0 Å². The van der Waals surface area contributed by atoms with Crippen molar-refractivity contribution in [2.75, 3.05) is 5.75 Å². The van der Waals surface area contributed by atoms with Crippen molar-refractivity contribution >= 4 is 33.7 Å². The summed E-state index contributed by atoms with van der Waals surface area (Å²) < 4.78 is 1.03. The van der Waals surface area contributed by atoms with Crippen LogP contribution in [0, 0.1) is 0 Å². The van der Waals surface area contributed by atoms with Crippen LogP contribution in [0.5, 0.6) is 0 Å². The SMILES string of the molecule is O=C([O-])[C@H]1CS[C@@H](c2ccc(Br)cc2)[NH2+]1. The van der Waals surface area contributed by atoms with Crippen molar-refractivity contribution in [1.82, 2.24) is 0 Å². The Morgan fingerprint density at radius 2 is 2.13 bits per heavy atom. The Balaban J connectivity index is 2.07. The molecule has 2 N–H and O–H groups in total. The second-order valence-corrected chi connectivity index (χ2v) is 5.51. The molecule has 1 heterocycles. The molecular formula is C10H10BrNO2S. The third kappa shape index (κ3) is 2.53. The molecule has 1 aromatic carbocycles. The van der Waals surface area contributed by atoms with Gasteiger partial charge in [0.05, 0.1) is 5.75 Å². The molecule has 0 unspecified atom stereocenters. The van der Waals surface area contributed by atoms with Crippen LogP contribution in [0.25, 0.3) is 0 Å². The van der Waals surface area contributed by atoms with Crippen LogP contribution >= 0.6 is 27.7 Å². The van der Waals surface area contributed by atoms with Gasteiger partial charge in [-0.25, -0.2) is 0 Å². The second kappa shape index (κ2) is 4.55. The number of benzene rings is 1. The predicted octanol–water partition coefficient (Wildman–Crippen LogP) is -0.124. The molecule has 80 valence electrons. The number of hydrogen-bond donors (Lipinski definition) is 1. The first-order valence-corrected chi connectivity index (χ1v) is 6.44. The molecule has 1 aliphatic heterocycles. The van der Waals surface area contributed by atoms with E-state index in [4.69, 9.17) is 0 Å². The van der Waals surface area contributed by atoms with E-state index in [-0.39, 0.29) is 5.37 Å². The number of quaternary nitrogens is 1. The number of carboxylic acids is 1. The number of carbonyl (C=O) groups is 1. The molecule has 0 radical (unpaired) electrons. The van der Waals surface area contributed by atoms with Crippen molar-refractivity contribution in [3.63, 3.8) is 0 Å². The van der Waals surface area contributed by atoms with Crippen molar-refractivity contribution in [1.29, 1.82) is 0 Å². The zero-order valence-corrected chi connectivity index (χ0v) is 10.3. The number of carbonyl (C=O) groups excluding carboxylic acids is 1. The predicted molar refractivity (Wildman–Crippen MR) is 60.1 cm³/mol. The highest BCUT2D eigenvalue weighted by Gasteiger charge is 2.30. The first-order chi connectivity index (χ1) is 7.16. The highest BCUT2D eigenvalue weighted by atomic mass is 79.9.